The highest BCUT2D eigenvalue weighted by atomic mass is 32.1. The van der Waals surface area contributed by atoms with E-state index in [0.29, 0.717) is 16.3 Å². The Labute approximate surface area is 182 Å². The van der Waals surface area contributed by atoms with Gasteiger partial charge in [-0.2, -0.15) is 0 Å². The van der Waals surface area contributed by atoms with Crippen LogP contribution in [0.3, 0.4) is 0 Å². The summed E-state index contributed by atoms with van der Waals surface area (Å²) in [7, 11) is 0. The first-order chi connectivity index (χ1) is 14.5. The van der Waals surface area contributed by atoms with E-state index in [1.54, 1.807) is 12.1 Å². The average Bonchev–Trinajstić information content (AvgIpc) is 3.42. The topological polar surface area (TPSA) is 97.4 Å². The third-order valence-electron chi connectivity index (χ3n) is 4.72. The predicted molar refractivity (Wildman–Crippen MR) is 122 cm³/mol. The van der Waals surface area contributed by atoms with Crippen LogP contribution >= 0.6 is 23.6 Å². The predicted octanol–water partition coefficient (Wildman–Crippen LogP) is 4.12. The number of benzene rings is 1. The summed E-state index contributed by atoms with van der Waals surface area (Å²) >= 11 is 6.68. The minimum absolute atomic E-state index is 0.108. The number of thiocarbonyl (C=S) groups is 1. The van der Waals surface area contributed by atoms with E-state index < -0.39 is 11.8 Å². The molecule has 3 aromatic rings. The molecule has 0 radical (unpaired) electrons. The number of carbonyl (C=O) groups excluding carboxylic acids is 2. The minimum Gasteiger partial charge on any atom is -0.457 e. The van der Waals surface area contributed by atoms with Gasteiger partial charge in [-0.3, -0.25) is 14.9 Å². The molecule has 4 rings (SSSR count). The summed E-state index contributed by atoms with van der Waals surface area (Å²) < 4.78 is 5.73. The summed E-state index contributed by atoms with van der Waals surface area (Å²) in [6.45, 7) is 0. The molecule has 0 aliphatic heterocycles. The number of nitrogens with one attached hydrogen (secondary N) is 2. The first-order valence-corrected chi connectivity index (χ1v) is 10.6. The van der Waals surface area contributed by atoms with Crippen molar-refractivity contribution >= 4 is 51.6 Å². The number of nitrogens with two attached hydrogens (primary N) is 1. The molecule has 4 N–H and O–H groups in total. The van der Waals surface area contributed by atoms with Crippen LogP contribution in [0.4, 0.5) is 5.00 Å². The van der Waals surface area contributed by atoms with Crippen molar-refractivity contribution in [2.45, 2.75) is 19.3 Å². The first-order valence-electron chi connectivity index (χ1n) is 9.41. The molecule has 8 heteroatoms. The second-order valence-corrected chi connectivity index (χ2v) is 8.28. The second kappa shape index (κ2) is 8.64. The van der Waals surface area contributed by atoms with Crippen molar-refractivity contribution in [1.29, 1.82) is 0 Å². The maximum atomic E-state index is 12.2. The summed E-state index contributed by atoms with van der Waals surface area (Å²) in [5.41, 5.74) is 7.97. The summed E-state index contributed by atoms with van der Waals surface area (Å²) in [4.78, 5) is 25.2. The van der Waals surface area contributed by atoms with Crippen molar-refractivity contribution in [1.82, 2.24) is 5.32 Å². The van der Waals surface area contributed by atoms with Crippen LogP contribution in [0.1, 0.15) is 33.0 Å². The van der Waals surface area contributed by atoms with E-state index in [0.717, 1.165) is 41.0 Å². The molecule has 6 nitrogen and oxygen atoms in total. The largest absolute Gasteiger partial charge is 0.457 e. The minimum atomic E-state index is -0.488. The van der Waals surface area contributed by atoms with Gasteiger partial charge in [-0.05, 0) is 55.3 Å². The molecule has 2 aromatic heterocycles. The van der Waals surface area contributed by atoms with Gasteiger partial charge in [-0.1, -0.05) is 30.3 Å². The lowest BCUT2D eigenvalue weighted by atomic mass is 10.1. The molecular formula is C22H19N3O3S2. The van der Waals surface area contributed by atoms with Crippen LogP contribution in [0.15, 0.2) is 53.0 Å². The molecule has 30 heavy (non-hydrogen) atoms. The summed E-state index contributed by atoms with van der Waals surface area (Å²) in [6.07, 6.45) is 5.69. The lowest BCUT2D eigenvalue weighted by molar-refractivity contribution is -0.115. The van der Waals surface area contributed by atoms with E-state index in [1.165, 1.54) is 17.4 Å². The molecule has 2 heterocycles. The smallest absolute Gasteiger partial charge is 0.251 e. The number of amides is 2. The molecular weight excluding hydrogens is 418 g/mol. The normalized spacial score (nSPS) is 12.7. The fraction of sp³-hybridized carbons (Fsp3) is 0.136. The van der Waals surface area contributed by atoms with Crippen LogP contribution in [-0.4, -0.2) is 16.9 Å². The Morgan fingerprint density at radius 1 is 1.13 bits per heavy atom. The van der Waals surface area contributed by atoms with E-state index in [4.69, 9.17) is 22.4 Å². The number of rotatable bonds is 5. The Morgan fingerprint density at radius 3 is 2.70 bits per heavy atom. The Bertz CT molecular complexity index is 1150. The van der Waals surface area contributed by atoms with Crippen LogP contribution in [0.2, 0.25) is 0 Å². The highest BCUT2D eigenvalue weighted by Crippen LogP contribution is 2.38. The Kier molecular flexibility index (Phi) is 5.78. The van der Waals surface area contributed by atoms with Gasteiger partial charge in [0.25, 0.3) is 5.91 Å². The molecule has 2 amide bonds. The van der Waals surface area contributed by atoms with Crippen molar-refractivity contribution < 1.29 is 14.0 Å². The van der Waals surface area contributed by atoms with Gasteiger partial charge >= 0.3 is 0 Å². The Hall–Kier alpha value is -3.23. The van der Waals surface area contributed by atoms with Crippen LogP contribution in [0, 0.1) is 0 Å². The number of carbonyl (C=O) groups is 2. The van der Waals surface area contributed by atoms with Crippen LogP contribution < -0.4 is 16.4 Å². The third kappa shape index (κ3) is 4.34. The number of hydrogen-bond donors (Lipinski definition) is 3. The molecule has 1 aromatic carbocycles. The van der Waals surface area contributed by atoms with E-state index in [9.17, 15) is 9.59 Å². The quantitative estimate of drug-likeness (QED) is 0.412. The number of primary amides is 1. The van der Waals surface area contributed by atoms with Gasteiger partial charge in [0.15, 0.2) is 5.11 Å². The highest BCUT2D eigenvalue weighted by Gasteiger charge is 2.25. The maximum absolute atomic E-state index is 12.2. The number of hydrogen-bond acceptors (Lipinski definition) is 5. The van der Waals surface area contributed by atoms with Crippen molar-refractivity contribution in [3.05, 3.63) is 70.3 Å². The Balaban J connectivity index is 1.37. The van der Waals surface area contributed by atoms with Gasteiger partial charge in [0.1, 0.15) is 16.5 Å². The van der Waals surface area contributed by atoms with Gasteiger partial charge < -0.3 is 15.5 Å². The van der Waals surface area contributed by atoms with Gasteiger partial charge in [0.05, 0.1) is 5.56 Å². The number of fused-ring (bicyclic) bond motifs is 1. The maximum Gasteiger partial charge on any atom is 0.251 e. The van der Waals surface area contributed by atoms with Crippen molar-refractivity contribution in [2.24, 2.45) is 5.73 Å². The van der Waals surface area contributed by atoms with E-state index in [-0.39, 0.29) is 5.11 Å². The van der Waals surface area contributed by atoms with Gasteiger partial charge in [0.2, 0.25) is 5.91 Å². The van der Waals surface area contributed by atoms with E-state index in [2.05, 4.69) is 10.6 Å². The standard InChI is InChI=1S/C22H19N3O3S2/c23-20(27)19-15-7-4-8-17(15)30-21(19)25-22(29)24-18(26)12-10-14-9-11-16(28-14)13-5-2-1-3-6-13/h1-3,5-6,9-12H,4,7-8H2,(H2,23,27)(H2,24,25,26,29)/b12-10+. The zero-order valence-electron chi connectivity index (χ0n) is 15.9. The Morgan fingerprint density at radius 2 is 1.93 bits per heavy atom. The van der Waals surface area contributed by atoms with Crippen LogP contribution in [-0.2, 0) is 17.6 Å². The number of thiophene rings is 1. The summed E-state index contributed by atoms with van der Waals surface area (Å²) in [6, 6.07) is 13.3. The zero-order valence-corrected chi connectivity index (χ0v) is 17.6. The average molecular weight is 438 g/mol. The van der Waals surface area contributed by atoms with Gasteiger partial charge in [-0.25, -0.2) is 0 Å². The van der Waals surface area contributed by atoms with E-state index in [1.807, 2.05) is 36.4 Å². The van der Waals surface area contributed by atoms with Crippen molar-refractivity contribution in [3.63, 3.8) is 0 Å². The molecule has 0 atom stereocenters. The van der Waals surface area contributed by atoms with Crippen molar-refractivity contribution in [2.75, 3.05) is 5.32 Å². The molecule has 0 spiro atoms. The zero-order chi connectivity index (χ0) is 21.1. The monoisotopic (exact) mass is 437 g/mol. The third-order valence-corrected chi connectivity index (χ3v) is 6.13. The lowest BCUT2D eigenvalue weighted by Gasteiger charge is -2.08. The lowest BCUT2D eigenvalue weighted by Crippen LogP contribution is -2.33. The fourth-order valence-electron chi connectivity index (χ4n) is 3.40. The van der Waals surface area contributed by atoms with Gasteiger partial charge in [0, 0.05) is 16.5 Å². The number of aryl methyl sites for hydroxylation is 1. The second-order valence-electron chi connectivity index (χ2n) is 6.77. The van der Waals surface area contributed by atoms with Gasteiger partial charge in [-0.15, -0.1) is 11.3 Å². The first kappa shape index (κ1) is 20.1. The molecule has 1 aliphatic carbocycles. The molecule has 0 saturated heterocycles. The van der Waals surface area contributed by atoms with Crippen molar-refractivity contribution in [3.8, 4) is 11.3 Å². The molecule has 0 bridgehead atoms. The summed E-state index contributed by atoms with van der Waals surface area (Å²) in [5, 5.41) is 6.20. The molecule has 0 unspecified atom stereocenters. The number of furan rings is 1. The summed E-state index contributed by atoms with van der Waals surface area (Å²) in [5.74, 6) is 0.374. The fourth-order valence-corrected chi connectivity index (χ4v) is 4.97. The van der Waals surface area contributed by atoms with Crippen LogP contribution in [0.25, 0.3) is 17.4 Å². The van der Waals surface area contributed by atoms with Crippen LogP contribution in [0.5, 0.6) is 0 Å². The highest BCUT2D eigenvalue weighted by molar-refractivity contribution is 7.80. The van der Waals surface area contributed by atoms with E-state index >= 15 is 0 Å². The number of anilines is 1. The molecule has 1 aliphatic rings. The molecule has 0 saturated carbocycles. The SMILES string of the molecule is NC(=O)c1c(NC(=S)NC(=O)/C=C/c2ccc(-c3ccccc3)o2)sc2c1CCC2. The molecule has 152 valence electrons. The molecule has 0 fully saturated rings.